The molecule has 1 unspecified atom stereocenters. The summed E-state index contributed by atoms with van der Waals surface area (Å²) in [6.45, 7) is 0.633. The lowest BCUT2D eigenvalue weighted by Crippen LogP contribution is -2.26. The summed E-state index contributed by atoms with van der Waals surface area (Å²) >= 11 is 3.04. The van der Waals surface area contributed by atoms with Gasteiger partial charge in [-0.2, -0.15) is 0 Å². The number of hydrogen-bond donors (Lipinski definition) is 2. The van der Waals surface area contributed by atoms with Crippen molar-refractivity contribution in [2.75, 3.05) is 17.2 Å². The number of nitrogens with one attached hydrogen (secondary N) is 2. The average molecular weight is 399 g/mol. The fourth-order valence-corrected chi connectivity index (χ4v) is 4.34. The molecule has 4 rings (SSSR count). The summed E-state index contributed by atoms with van der Waals surface area (Å²) in [5.41, 5.74) is 1.70. The number of nitrogens with zero attached hydrogens (tertiary/aromatic N) is 1. The summed E-state index contributed by atoms with van der Waals surface area (Å²) in [6, 6.07) is 10.9. The molecular formula is C19H17N3O3S2. The highest BCUT2D eigenvalue weighted by Crippen LogP contribution is 2.28. The maximum Gasteiger partial charge on any atom is 0.275 e. The summed E-state index contributed by atoms with van der Waals surface area (Å²) in [5.74, 6) is -0.391. The molecule has 0 spiro atoms. The first-order valence-electron chi connectivity index (χ1n) is 8.52. The Morgan fingerprint density at radius 2 is 1.85 bits per heavy atom. The van der Waals surface area contributed by atoms with Crippen molar-refractivity contribution in [3.8, 4) is 9.88 Å². The number of thiazole rings is 1. The van der Waals surface area contributed by atoms with Gasteiger partial charge in [0.1, 0.15) is 16.8 Å². The molecule has 2 aromatic heterocycles. The largest absolute Gasteiger partial charge is 0.368 e. The number of amides is 2. The second-order valence-corrected chi connectivity index (χ2v) is 7.84. The zero-order valence-electron chi connectivity index (χ0n) is 14.3. The number of ether oxygens (including phenoxy) is 1. The molecule has 0 aliphatic carbocycles. The first kappa shape index (κ1) is 17.8. The first-order chi connectivity index (χ1) is 13.2. The van der Waals surface area contributed by atoms with Crippen molar-refractivity contribution in [1.82, 2.24) is 4.98 Å². The molecule has 0 radical (unpaired) electrons. The SMILES string of the molecule is O=C(Nc1ccc(NC(=O)C2CCCO2)cc1)c1csc(-c2cccs2)n1. The molecular weight excluding hydrogens is 382 g/mol. The Morgan fingerprint density at radius 3 is 2.52 bits per heavy atom. The van der Waals surface area contributed by atoms with Crippen molar-refractivity contribution in [3.63, 3.8) is 0 Å². The molecule has 27 heavy (non-hydrogen) atoms. The van der Waals surface area contributed by atoms with E-state index in [1.807, 2.05) is 17.5 Å². The number of carbonyl (C=O) groups is 2. The maximum absolute atomic E-state index is 12.4. The molecule has 0 bridgehead atoms. The van der Waals surface area contributed by atoms with Crippen LogP contribution in [0.5, 0.6) is 0 Å². The highest BCUT2D eigenvalue weighted by atomic mass is 32.1. The second-order valence-electron chi connectivity index (χ2n) is 6.04. The van der Waals surface area contributed by atoms with Crippen molar-refractivity contribution in [2.45, 2.75) is 18.9 Å². The topological polar surface area (TPSA) is 80.3 Å². The zero-order valence-corrected chi connectivity index (χ0v) is 15.9. The van der Waals surface area contributed by atoms with Crippen molar-refractivity contribution in [2.24, 2.45) is 0 Å². The molecule has 6 nitrogen and oxygen atoms in total. The number of anilines is 2. The molecule has 2 amide bonds. The molecule has 0 saturated carbocycles. The number of thiophene rings is 1. The van der Waals surface area contributed by atoms with E-state index >= 15 is 0 Å². The minimum Gasteiger partial charge on any atom is -0.368 e. The predicted octanol–water partition coefficient (Wildman–Crippen LogP) is 4.24. The Bertz CT molecular complexity index is 930. The van der Waals surface area contributed by atoms with Crippen molar-refractivity contribution in [3.05, 3.63) is 52.9 Å². The summed E-state index contributed by atoms with van der Waals surface area (Å²) in [7, 11) is 0. The van der Waals surface area contributed by atoms with Crippen LogP contribution in [0.4, 0.5) is 11.4 Å². The van der Waals surface area contributed by atoms with E-state index in [2.05, 4.69) is 15.6 Å². The lowest BCUT2D eigenvalue weighted by Gasteiger charge is -2.11. The van der Waals surface area contributed by atoms with E-state index in [9.17, 15) is 9.59 Å². The van der Waals surface area contributed by atoms with Gasteiger partial charge in [-0.05, 0) is 48.6 Å². The molecule has 1 aliphatic rings. The number of carbonyl (C=O) groups excluding carboxylic acids is 2. The van der Waals surface area contributed by atoms with E-state index in [0.717, 1.165) is 22.7 Å². The van der Waals surface area contributed by atoms with Crippen LogP contribution in [0.2, 0.25) is 0 Å². The Kier molecular flexibility index (Phi) is 5.28. The normalized spacial score (nSPS) is 16.2. The Labute approximate surface area is 164 Å². The van der Waals surface area contributed by atoms with Gasteiger partial charge >= 0.3 is 0 Å². The van der Waals surface area contributed by atoms with Gasteiger partial charge in [-0.25, -0.2) is 4.98 Å². The molecule has 2 N–H and O–H groups in total. The summed E-state index contributed by atoms with van der Waals surface area (Å²) < 4.78 is 5.37. The van der Waals surface area contributed by atoms with Crippen LogP contribution in [0, 0.1) is 0 Å². The zero-order chi connectivity index (χ0) is 18.6. The first-order valence-corrected chi connectivity index (χ1v) is 10.3. The monoisotopic (exact) mass is 399 g/mol. The van der Waals surface area contributed by atoms with Crippen molar-refractivity contribution < 1.29 is 14.3 Å². The van der Waals surface area contributed by atoms with E-state index in [4.69, 9.17) is 4.74 Å². The minimum absolute atomic E-state index is 0.132. The third-order valence-corrected chi connectivity index (χ3v) is 5.98. The quantitative estimate of drug-likeness (QED) is 0.672. The van der Waals surface area contributed by atoms with Crippen LogP contribution in [0.25, 0.3) is 9.88 Å². The van der Waals surface area contributed by atoms with Crippen LogP contribution < -0.4 is 10.6 Å². The van der Waals surface area contributed by atoms with E-state index in [-0.39, 0.29) is 17.9 Å². The van der Waals surface area contributed by atoms with Gasteiger partial charge in [0.2, 0.25) is 0 Å². The molecule has 3 aromatic rings. The van der Waals surface area contributed by atoms with Gasteiger partial charge in [-0.3, -0.25) is 9.59 Å². The van der Waals surface area contributed by atoms with Gasteiger partial charge in [-0.1, -0.05) is 6.07 Å². The van der Waals surface area contributed by atoms with E-state index in [1.54, 1.807) is 41.0 Å². The second kappa shape index (κ2) is 7.99. The number of rotatable bonds is 5. The lowest BCUT2D eigenvalue weighted by molar-refractivity contribution is -0.124. The van der Waals surface area contributed by atoms with Gasteiger partial charge in [0.05, 0.1) is 4.88 Å². The molecule has 3 heterocycles. The third kappa shape index (κ3) is 4.24. The highest BCUT2D eigenvalue weighted by Gasteiger charge is 2.23. The third-order valence-electron chi connectivity index (χ3n) is 4.10. The van der Waals surface area contributed by atoms with Crippen LogP contribution in [0.15, 0.2) is 47.2 Å². The van der Waals surface area contributed by atoms with Gasteiger partial charge in [0.25, 0.3) is 11.8 Å². The van der Waals surface area contributed by atoms with Crippen LogP contribution in [-0.2, 0) is 9.53 Å². The Morgan fingerprint density at radius 1 is 1.07 bits per heavy atom. The van der Waals surface area contributed by atoms with Crippen molar-refractivity contribution >= 4 is 45.9 Å². The molecule has 138 valence electrons. The lowest BCUT2D eigenvalue weighted by atomic mass is 10.2. The van der Waals surface area contributed by atoms with Crippen LogP contribution in [-0.4, -0.2) is 29.5 Å². The van der Waals surface area contributed by atoms with E-state index in [1.165, 1.54) is 11.3 Å². The Balaban J connectivity index is 1.36. The smallest absolute Gasteiger partial charge is 0.275 e. The standard InChI is InChI=1S/C19H17N3O3S2/c23-17(14-11-27-19(22-14)16-4-2-10-26-16)20-12-5-7-13(8-6-12)21-18(24)15-3-1-9-25-15/h2,4-8,10-11,15H,1,3,9H2,(H,20,23)(H,21,24). The van der Waals surface area contributed by atoms with Crippen LogP contribution in [0.1, 0.15) is 23.3 Å². The van der Waals surface area contributed by atoms with Gasteiger partial charge < -0.3 is 15.4 Å². The summed E-state index contributed by atoms with van der Waals surface area (Å²) in [4.78, 5) is 29.9. The highest BCUT2D eigenvalue weighted by molar-refractivity contribution is 7.20. The van der Waals surface area contributed by atoms with Crippen LogP contribution in [0.3, 0.4) is 0 Å². The molecule has 1 saturated heterocycles. The number of aromatic nitrogens is 1. The molecule has 1 aliphatic heterocycles. The van der Waals surface area contributed by atoms with Gasteiger partial charge in [0.15, 0.2) is 0 Å². The summed E-state index contributed by atoms with van der Waals surface area (Å²) in [5, 5.41) is 10.2. The molecule has 1 atom stereocenters. The van der Waals surface area contributed by atoms with Gasteiger partial charge in [0, 0.05) is 23.4 Å². The average Bonchev–Trinajstić information content (AvgIpc) is 3.43. The van der Waals surface area contributed by atoms with E-state index < -0.39 is 0 Å². The predicted molar refractivity (Wildman–Crippen MR) is 107 cm³/mol. The summed E-state index contributed by atoms with van der Waals surface area (Å²) in [6.07, 6.45) is 1.29. The minimum atomic E-state index is -0.369. The van der Waals surface area contributed by atoms with Crippen LogP contribution >= 0.6 is 22.7 Å². The van der Waals surface area contributed by atoms with E-state index in [0.29, 0.717) is 23.7 Å². The van der Waals surface area contributed by atoms with Crippen molar-refractivity contribution in [1.29, 1.82) is 0 Å². The Hall–Kier alpha value is -2.55. The fraction of sp³-hybridized carbons (Fsp3) is 0.211. The molecule has 1 aromatic carbocycles. The number of benzene rings is 1. The van der Waals surface area contributed by atoms with Gasteiger partial charge in [-0.15, -0.1) is 22.7 Å². The molecule has 1 fully saturated rings. The number of hydrogen-bond acceptors (Lipinski definition) is 6. The maximum atomic E-state index is 12.4. The fourth-order valence-electron chi connectivity index (χ4n) is 2.73. The molecule has 8 heteroatoms.